The van der Waals surface area contributed by atoms with Crippen LogP contribution in [0.3, 0.4) is 0 Å². The molecule has 35 heavy (non-hydrogen) atoms. The summed E-state index contributed by atoms with van der Waals surface area (Å²) < 4.78 is 34.7. The molecule has 0 spiro atoms. The predicted molar refractivity (Wildman–Crippen MR) is 140 cm³/mol. The summed E-state index contributed by atoms with van der Waals surface area (Å²) in [6, 6.07) is 11.6. The number of hydrogen-bond acceptors (Lipinski definition) is 7. The maximum absolute atomic E-state index is 13.3. The smallest absolute Gasteiger partial charge is 0.261 e. The van der Waals surface area contributed by atoms with E-state index in [1.54, 1.807) is 29.2 Å². The van der Waals surface area contributed by atoms with Crippen LogP contribution in [-0.2, 0) is 10.0 Å². The first-order chi connectivity index (χ1) is 16.7. The Kier molecular flexibility index (Phi) is 9.36. The number of likely N-dealkylation sites (N-methyl/N-ethyl adjacent to an activating group) is 2. The second-order valence-electron chi connectivity index (χ2n) is 8.67. The van der Waals surface area contributed by atoms with E-state index in [9.17, 15) is 13.2 Å². The first kappa shape index (κ1) is 26.8. The number of nitrogens with one attached hydrogen (secondary N) is 2. The molecule has 10 heteroatoms. The molecule has 1 aliphatic rings. The van der Waals surface area contributed by atoms with Crippen molar-refractivity contribution in [3.63, 3.8) is 0 Å². The maximum atomic E-state index is 13.3. The van der Waals surface area contributed by atoms with Gasteiger partial charge in [0, 0.05) is 51.4 Å². The maximum Gasteiger partial charge on any atom is 0.261 e. The van der Waals surface area contributed by atoms with Crippen LogP contribution in [0.2, 0.25) is 0 Å². The van der Waals surface area contributed by atoms with E-state index in [-0.39, 0.29) is 10.8 Å². The summed E-state index contributed by atoms with van der Waals surface area (Å²) in [6.07, 6.45) is 0. The Morgan fingerprint density at radius 1 is 1.06 bits per heavy atom. The summed E-state index contributed by atoms with van der Waals surface area (Å²) in [5.41, 5.74) is 1.61. The van der Waals surface area contributed by atoms with Gasteiger partial charge < -0.3 is 24.8 Å². The molecule has 0 unspecified atom stereocenters. The van der Waals surface area contributed by atoms with Gasteiger partial charge in [0.1, 0.15) is 5.75 Å². The van der Waals surface area contributed by atoms with Crippen molar-refractivity contribution < 1.29 is 17.9 Å². The average molecular weight is 504 g/mol. The van der Waals surface area contributed by atoms with Crippen LogP contribution in [0.5, 0.6) is 5.75 Å². The number of hydrogen-bond donors (Lipinski definition) is 2. The van der Waals surface area contributed by atoms with Gasteiger partial charge in [0.05, 0.1) is 22.9 Å². The van der Waals surface area contributed by atoms with Gasteiger partial charge in [-0.1, -0.05) is 0 Å². The van der Waals surface area contributed by atoms with Crippen LogP contribution < -0.4 is 19.7 Å². The Bertz CT molecular complexity index is 1080. The molecule has 192 valence electrons. The van der Waals surface area contributed by atoms with Crippen LogP contribution in [0.4, 0.5) is 11.4 Å². The largest absolute Gasteiger partial charge is 0.494 e. The van der Waals surface area contributed by atoms with Crippen molar-refractivity contribution in [3.05, 3.63) is 48.0 Å². The molecule has 3 rings (SSSR count). The number of nitrogens with zero attached hydrogens (tertiary/aromatic N) is 3. The Hall–Kier alpha value is -2.82. The third-order valence-electron chi connectivity index (χ3n) is 5.88. The standard InChI is InChI=1S/C25H37N5O4S/c1-5-29(18-17-28(3)4)25(31)20-7-12-24(30-15-13-26-14-16-30)23(19-20)27-35(32,33)22-10-8-21(9-11-22)34-6-2/h7-12,19,26-27H,5-6,13-18H2,1-4H3. The minimum absolute atomic E-state index is 0.122. The molecule has 0 saturated carbocycles. The summed E-state index contributed by atoms with van der Waals surface area (Å²) in [7, 11) is 0.0579. The number of carbonyl (C=O) groups excluding carboxylic acids is 1. The molecular formula is C25H37N5O4S. The molecule has 2 aromatic carbocycles. The van der Waals surface area contributed by atoms with Gasteiger partial charge in [0.25, 0.3) is 15.9 Å². The number of rotatable bonds is 11. The van der Waals surface area contributed by atoms with Gasteiger partial charge in [-0.15, -0.1) is 0 Å². The SMILES string of the molecule is CCOc1ccc(S(=O)(=O)Nc2cc(C(=O)N(CC)CCN(C)C)ccc2N2CCNCC2)cc1. The molecule has 0 bridgehead atoms. The van der Waals surface area contributed by atoms with E-state index in [0.717, 1.165) is 38.4 Å². The molecule has 0 aromatic heterocycles. The Morgan fingerprint density at radius 3 is 2.34 bits per heavy atom. The lowest BCUT2D eigenvalue weighted by molar-refractivity contribution is 0.0754. The molecule has 2 N–H and O–H groups in total. The average Bonchev–Trinajstić information content (AvgIpc) is 2.85. The molecule has 1 aliphatic heterocycles. The molecule has 0 aliphatic carbocycles. The lowest BCUT2D eigenvalue weighted by Crippen LogP contribution is -2.44. The highest BCUT2D eigenvalue weighted by Gasteiger charge is 2.23. The van der Waals surface area contributed by atoms with Crippen molar-refractivity contribution in [2.24, 2.45) is 0 Å². The summed E-state index contributed by atoms with van der Waals surface area (Å²) >= 11 is 0. The first-order valence-electron chi connectivity index (χ1n) is 12.0. The number of anilines is 2. The summed E-state index contributed by atoms with van der Waals surface area (Å²) in [5, 5.41) is 3.31. The fourth-order valence-electron chi connectivity index (χ4n) is 3.92. The zero-order valence-corrected chi connectivity index (χ0v) is 21.9. The molecular weight excluding hydrogens is 466 g/mol. The summed E-state index contributed by atoms with van der Waals surface area (Å²) in [6.45, 7) is 9.33. The summed E-state index contributed by atoms with van der Waals surface area (Å²) in [5.74, 6) is 0.487. The molecule has 0 radical (unpaired) electrons. The van der Waals surface area contributed by atoms with Crippen molar-refractivity contribution in [2.75, 3.05) is 76.1 Å². The Balaban J connectivity index is 1.93. The number of benzene rings is 2. The van der Waals surface area contributed by atoms with Gasteiger partial charge in [-0.3, -0.25) is 9.52 Å². The molecule has 1 heterocycles. The lowest BCUT2D eigenvalue weighted by atomic mass is 10.1. The van der Waals surface area contributed by atoms with Gasteiger partial charge in [0.15, 0.2) is 0 Å². The molecule has 1 saturated heterocycles. The van der Waals surface area contributed by atoms with Crippen LogP contribution >= 0.6 is 0 Å². The number of ether oxygens (including phenoxy) is 1. The molecule has 2 aromatic rings. The number of amides is 1. The minimum atomic E-state index is -3.88. The zero-order valence-electron chi connectivity index (χ0n) is 21.1. The van der Waals surface area contributed by atoms with Gasteiger partial charge in [-0.2, -0.15) is 0 Å². The van der Waals surface area contributed by atoms with Gasteiger partial charge >= 0.3 is 0 Å². The molecule has 1 amide bonds. The van der Waals surface area contributed by atoms with E-state index < -0.39 is 10.0 Å². The Morgan fingerprint density at radius 2 is 1.74 bits per heavy atom. The van der Waals surface area contributed by atoms with Crippen LogP contribution in [0, 0.1) is 0 Å². The zero-order chi connectivity index (χ0) is 25.4. The van der Waals surface area contributed by atoms with Crippen molar-refractivity contribution in [2.45, 2.75) is 18.7 Å². The van der Waals surface area contributed by atoms with E-state index in [0.29, 0.717) is 36.7 Å². The summed E-state index contributed by atoms with van der Waals surface area (Å²) in [4.78, 5) is 19.3. The fourth-order valence-corrected chi connectivity index (χ4v) is 4.99. The third kappa shape index (κ3) is 7.09. The quantitative estimate of drug-likeness (QED) is 0.486. The van der Waals surface area contributed by atoms with E-state index in [4.69, 9.17) is 4.74 Å². The second-order valence-corrected chi connectivity index (χ2v) is 10.3. The molecule has 0 atom stereocenters. The van der Waals surface area contributed by atoms with Gasteiger partial charge in [-0.05, 0) is 70.4 Å². The van der Waals surface area contributed by atoms with Crippen molar-refractivity contribution in [3.8, 4) is 5.75 Å². The van der Waals surface area contributed by atoms with Crippen molar-refractivity contribution in [1.29, 1.82) is 0 Å². The second kappa shape index (κ2) is 12.2. The van der Waals surface area contributed by atoms with Crippen LogP contribution in [0.1, 0.15) is 24.2 Å². The highest BCUT2D eigenvalue weighted by atomic mass is 32.2. The first-order valence-corrected chi connectivity index (χ1v) is 13.5. The monoisotopic (exact) mass is 503 g/mol. The normalized spacial score (nSPS) is 14.1. The lowest BCUT2D eigenvalue weighted by Gasteiger charge is -2.31. The predicted octanol–water partition coefficient (Wildman–Crippen LogP) is 2.32. The van der Waals surface area contributed by atoms with E-state index in [1.165, 1.54) is 12.1 Å². The fraction of sp³-hybridized carbons (Fsp3) is 0.480. The van der Waals surface area contributed by atoms with Crippen molar-refractivity contribution in [1.82, 2.24) is 15.1 Å². The highest BCUT2D eigenvalue weighted by molar-refractivity contribution is 7.92. The van der Waals surface area contributed by atoms with Crippen LogP contribution in [0.15, 0.2) is 47.4 Å². The molecule has 9 nitrogen and oxygen atoms in total. The van der Waals surface area contributed by atoms with Crippen LogP contribution in [0.25, 0.3) is 0 Å². The number of carbonyl (C=O) groups is 1. The Labute approximate surface area is 209 Å². The topological polar surface area (TPSA) is 94.2 Å². The van der Waals surface area contributed by atoms with E-state index in [1.807, 2.05) is 38.9 Å². The third-order valence-corrected chi connectivity index (χ3v) is 7.26. The van der Waals surface area contributed by atoms with E-state index in [2.05, 4.69) is 14.9 Å². The van der Waals surface area contributed by atoms with Crippen LogP contribution in [-0.4, -0.2) is 90.6 Å². The van der Waals surface area contributed by atoms with Crippen molar-refractivity contribution >= 4 is 27.3 Å². The van der Waals surface area contributed by atoms with Gasteiger partial charge in [-0.25, -0.2) is 8.42 Å². The minimum Gasteiger partial charge on any atom is -0.494 e. The number of piperazine rings is 1. The highest BCUT2D eigenvalue weighted by Crippen LogP contribution is 2.31. The number of sulfonamides is 1. The van der Waals surface area contributed by atoms with Gasteiger partial charge in [0.2, 0.25) is 0 Å². The molecule has 1 fully saturated rings. The van der Waals surface area contributed by atoms with E-state index >= 15 is 0 Å².